The Balaban J connectivity index is 1.59. The SMILES string of the molecule is COc1ccc(C2/C(=C(\O)c3ccc(S(=O)(=O)N4CCCC4)cc3)C(=O)C(=O)N2Cc2ccco2)cc1OC. The summed E-state index contributed by atoms with van der Waals surface area (Å²) < 4.78 is 43.5. The lowest BCUT2D eigenvalue weighted by Gasteiger charge is -2.25. The zero-order chi connectivity index (χ0) is 27.7. The number of ether oxygens (including phenoxy) is 2. The lowest BCUT2D eigenvalue weighted by Crippen LogP contribution is -2.29. The Bertz CT molecular complexity index is 1520. The van der Waals surface area contributed by atoms with Crippen LogP contribution >= 0.6 is 0 Å². The minimum Gasteiger partial charge on any atom is -0.507 e. The van der Waals surface area contributed by atoms with Crippen LogP contribution in [0.5, 0.6) is 11.5 Å². The Morgan fingerprint density at radius 2 is 1.69 bits per heavy atom. The van der Waals surface area contributed by atoms with Gasteiger partial charge in [0.05, 0.1) is 43.5 Å². The molecule has 3 aromatic rings. The van der Waals surface area contributed by atoms with Gasteiger partial charge in [0.15, 0.2) is 11.5 Å². The number of rotatable bonds is 8. The molecular formula is C28H28N2O8S. The van der Waals surface area contributed by atoms with Crippen LogP contribution in [0.2, 0.25) is 0 Å². The second kappa shape index (κ2) is 10.6. The first-order chi connectivity index (χ1) is 18.8. The quantitative estimate of drug-likeness (QED) is 0.255. The largest absolute Gasteiger partial charge is 0.507 e. The van der Waals surface area contributed by atoms with Gasteiger partial charge in [-0.05, 0) is 66.9 Å². The van der Waals surface area contributed by atoms with Crippen LogP contribution in [-0.4, -0.2) is 61.7 Å². The summed E-state index contributed by atoms with van der Waals surface area (Å²) in [7, 11) is -0.690. The molecule has 2 aromatic carbocycles. The summed E-state index contributed by atoms with van der Waals surface area (Å²) in [4.78, 5) is 28.0. The molecule has 1 N–H and O–H groups in total. The molecule has 0 spiro atoms. The van der Waals surface area contributed by atoms with Crippen LogP contribution in [0.3, 0.4) is 0 Å². The molecule has 11 heteroatoms. The molecule has 1 unspecified atom stereocenters. The maximum absolute atomic E-state index is 13.3. The monoisotopic (exact) mass is 552 g/mol. The van der Waals surface area contributed by atoms with Gasteiger partial charge in [0.25, 0.3) is 11.7 Å². The highest BCUT2D eigenvalue weighted by Crippen LogP contribution is 2.42. The van der Waals surface area contributed by atoms with E-state index in [1.807, 2.05) is 0 Å². The van der Waals surface area contributed by atoms with E-state index in [2.05, 4.69) is 0 Å². The molecule has 1 aromatic heterocycles. The number of benzene rings is 2. The van der Waals surface area contributed by atoms with E-state index in [1.165, 1.54) is 54.0 Å². The van der Waals surface area contributed by atoms with Crippen molar-refractivity contribution in [3.63, 3.8) is 0 Å². The van der Waals surface area contributed by atoms with E-state index >= 15 is 0 Å². The fourth-order valence-electron chi connectivity index (χ4n) is 5.00. The summed E-state index contributed by atoms with van der Waals surface area (Å²) in [5.74, 6) is -0.790. The topological polar surface area (TPSA) is 127 Å². The van der Waals surface area contributed by atoms with Gasteiger partial charge in [0.2, 0.25) is 10.0 Å². The lowest BCUT2D eigenvalue weighted by atomic mass is 9.95. The molecule has 10 nitrogen and oxygen atoms in total. The molecule has 39 heavy (non-hydrogen) atoms. The number of Topliss-reactive ketones (excluding diaryl/α,β-unsaturated/α-hetero) is 1. The van der Waals surface area contributed by atoms with Gasteiger partial charge in [0.1, 0.15) is 11.5 Å². The molecule has 2 aliphatic heterocycles. The lowest BCUT2D eigenvalue weighted by molar-refractivity contribution is -0.140. The van der Waals surface area contributed by atoms with E-state index < -0.39 is 33.5 Å². The molecule has 2 aliphatic rings. The Morgan fingerprint density at radius 3 is 2.31 bits per heavy atom. The number of carbonyl (C=O) groups excluding carboxylic acids is 2. The molecule has 1 atom stereocenters. The summed E-state index contributed by atoms with van der Waals surface area (Å²) in [6.45, 7) is 0.920. The summed E-state index contributed by atoms with van der Waals surface area (Å²) in [6, 6.07) is 13.0. The first kappa shape index (κ1) is 26.5. The zero-order valence-corrected chi connectivity index (χ0v) is 22.3. The summed E-state index contributed by atoms with van der Waals surface area (Å²) >= 11 is 0. The van der Waals surface area contributed by atoms with Crippen LogP contribution in [-0.2, 0) is 26.2 Å². The fourth-order valence-corrected chi connectivity index (χ4v) is 6.52. The fraction of sp³-hybridized carbons (Fsp3) is 0.286. The summed E-state index contributed by atoms with van der Waals surface area (Å²) in [6.07, 6.45) is 3.09. The normalized spacial score (nSPS) is 19.5. The van der Waals surface area contributed by atoms with Gasteiger partial charge in [-0.25, -0.2) is 8.42 Å². The predicted octanol–water partition coefficient (Wildman–Crippen LogP) is 3.70. The average Bonchev–Trinajstić information content (AvgIpc) is 3.72. The van der Waals surface area contributed by atoms with Crippen molar-refractivity contribution in [1.82, 2.24) is 9.21 Å². The second-order valence-electron chi connectivity index (χ2n) is 9.26. The third kappa shape index (κ3) is 4.79. The van der Waals surface area contributed by atoms with Gasteiger partial charge in [-0.1, -0.05) is 6.07 Å². The molecule has 0 bridgehead atoms. The van der Waals surface area contributed by atoms with Crippen LogP contribution in [0.4, 0.5) is 0 Å². The van der Waals surface area contributed by atoms with Gasteiger partial charge in [-0.2, -0.15) is 4.31 Å². The van der Waals surface area contributed by atoms with Crippen LogP contribution < -0.4 is 9.47 Å². The van der Waals surface area contributed by atoms with Gasteiger partial charge in [0, 0.05) is 18.7 Å². The van der Waals surface area contributed by atoms with Crippen molar-refractivity contribution in [1.29, 1.82) is 0 Å². The number of nitrogens with zero attached hydrogens (tertiary/aromatic N) is 2. The van der Waals surface area contributed by atoms with E-state index in [4.69, 9.17) is 13.9 Å². The van der Waals surface area contributed by atoms with Gasteiger partial charge < -0.3 is 23.9 Å². The number of furan rings is 1. The van der Waals surface area contributed by atoms with Gasteiger partial charge in [-0.3, -0.25) is 9.59 Å². The van der Waals surface area contributed by atoms with E-state index in [0.29, 0.717) is 35.9 Å². The molecule has 2 saturated heterocycles. The zero-order valence-electron chi connectivity index (χ0n) is 21.5. The maximum atomic E-state index is 13.3. The Labute approximate surface area is 226 Å². The molecule has 204 valence electrons. The van der Waals surface area contributed by atoms with Crippen molar-refractivity contribution >= 4 is 27.5 Å². The summed E-state index contributed by atoms with van der Waals surface area (Å²) in [5, 5.41) is 11.4. The molecule has 5 rings (SSSR count). The Morgan fingerprint density at radius 1 is 1.00 bits per heavy atom. The minimum absolute atomic E-state index is 0.0135. The smallest absolute Gasteiger partial charge is 0.296 e. The maximum Gasteiger partial charge on any atom is 0.296 e. The number of likely N-dealkylation sites (tertiary alicyclic amines) is 1. The third-order valence-electron chi connectivity index (χ3n) is 7.00. The number of hydrogen-bond donors (Lipinski definition) is 1. The van der Waals surface area contributed by atoms with E-state index in [-0.39, 0.29) is 22.6 Å². The van der Waals surface area contributed by atoms with Crippen molar-refractivity contribution in [2.24, 2.45) is 0 Å². The standard InChI is InChI=1S/C28H28N2O8S/c1-36-22-12-9-19(16-23(22)37-2)25-24(27(32)28(33)30(25)17-20-6-5-15-38-20)26(31)18-7-10-21(11-8-18)39(34,35)29-13-3-4-14-29/h5-12,15-16,25,31H,3-4,13-14,17H2,1-2H3/b26-24+. The second-order valence-corrected chi connectivity index (χ2v) is 11.2. The van der Waals surface area contributed by atoms with Crippen LogP contribution in [0.1, 0.15) is 35.8 Å². The van der Waals surface area contributed by atoms with E-state index in [0.717, 1.165) is 12.8 Å². The van der Waals surface area contributed by atoms with Gasteiger partial charge >= 0.3 is 0 Å². The highest BCUT2D eigenvalue weighted by atomic mass is 32.2. The van der Waals surface area contributed by atoms with Crippen LogP contribution in [0.15, 0.2) is 75.7 Å². The van der Waals surface area contributed by atoms with Crippen LogP contribution in [0, 0.1) is 0 Å². The molecular weight excluding hydrogens is 524 g/mol. The number of sulfonamides is 1. The third-order valence-corrected chi connectivity index (χ3v) is 8.91. The molecule has 2 fully saturated rings. The number of amides is 1. The first-order valence-corrected chi connectivity index (χ1v) is 13.8. The molecule has 1 amide bonds. The van der Waals surface area contributed by atoms with Gasteiger partial charge in [-0.15, -0.1) is 0 Å². The number of aliphatic hydroxyl groups is 1. The minimum atomic E-state index is -3.66. The van der Waals surface area contributed by atoms with Crippen molar-refractivity contribution < 1.29 is 37.0 Å². The van der Waals surface area contributed by atoms with Crippen molar-refractivity contribution in [2.75, 3.05) is 27.3 Å². The van der Waals surface area contributed by atoms with Crippen molar-refractivity contribution in [2.45, 2.75) is 30.3 Å². The van der Waals surface area contributed by atoms with E-state index in [1.54, 1.807) is 30.3 Å². The number of methoxy groups -OCH3 is 2. The number of aliphatic hydroxyl groups excluding tert-OH is 1. The number of ketones is 1. The Hall–Kier alpha value is -4.09. The summed E-state index contributed by atoms with van der Waals surface area (Å²) in [5.41, 5.74) is 0.582. The first-order valence-electron chi connectivity index (χ1n) is 12.4. The Kier molecular flexibility index (Phi) is 7.19. The van der Waals surface area contributed by atoms with Crippen LogP contribution in [0.25, 0.3) is 5.76 Å². The predicted molar refractivity (Wildman–Crippen MR) is 141 cm³/mol. The highest BCUT2D eigenvalue weighted by Gasteiger charge is 2.46. The van der Waals surface area contributed by atoms with E-state index in [9.17, 15) is 23.1 Å². The molecule has 0 radical (unpaired) electrons. The van der Waals surface area contributed by atoms with Crippen molar-refractivity contribution in [3.8, 4) is 11.5 Å². The molecule has 3 heterocycles. The number of carbonyl (C=O) groups is 2. The highest BCUT2D eigenvalue weighted by molar-refractivity contribution is 7.89. The number of hydrogen-bond acceptors (Lipinski definition) is 8. The van der Waals surface area contributed by atoms with Crippen molar-refractivity contribution in [3.05, 3.63) is 83.3 Å². The molecule has 0 saturated carbocycles. The molecule has 0 aliphatic carbocycles. The average molecular weight is 553 g/mol.